The van der Waals surface area contributed by atoms with Crippen molar-refractivity contribution in [1.82, 2.24) is 4.90 Å². The van der Waals surface area contributed by atoms with Crippen molar-refractivity contribution in [1.29, 1.82) is 0 Å². The lowest BCUT2D eigenvalue weighted by molar-refractivity contribution is -0.160. The second-order valence-corrected chi connectivity index (χ2v) is 7.53. The quantitative estimate of drug-likeness (QED) is 0.727. The highest BCUT2D eigenvalue weighted by atomic mass is 16.5. The smallest absolute Gasteiger partial charge is 0.332 e. The summed E-state index contributed by atoms with van der Waals surface area (Å²) in [5.41, 5.74) is 1.95. The number of nitrogens with zero attached hydrogens (tertiary/aromatic N) is 1. The minimum atomic E-state index is -0.903. The minimum Gasteiger partial charge on any atom is -0.479 e. The van der Waals surface area contributed by atoms with E-state index >= 15 is 0 Å². The van der Waals surface area contributed by atoms with Gasteiger partial charge in [0.2, 0.25) is 0 Å². The number of rotatable bonds is 9. The Balaban J connectivity index is 2.05. The van der Waals surface area contributed by atoms with Crippen LogP contribution in [0.1, 0.15) is 38.3 Å². The number of hydrogen-bond donors (Lipinski definition) is 1. The van der Waals surface area contributed by atoms with E-state index in [9.17, 15) is 9.90 Å². The second kappa shape index (κ2) is 9.51. The van der Waals surface area contributed by atoms with Crippen LogP contribution in [-0.2, 0) is 22.6 Å². The SMILES string of the molecule is CC(C)(C)OC(CCN(Cc1ccccc1)Cc1ccccc1)C(=O)O. The Morgan fingerprint density at radius 2 is 1.42 bits per heavy atom. The maximum Gasteiger partial charge on any atom is 0.332 e. The van der Waals surface area contributed by atoms with E-state index in [1.165, 1.54) is 11.1 Å². The number of ether oxygens (including phenoxy) is 1. The van der Waals surface area contributed by atoms with Gasteiger partial charge in [-0.3, -0.25) is 4.90 Å². The summed E-state index contributed by atoms with van der Waals surface area (Å²) >= 11 is 0. The molecule has 0 spiro atoms. The average molecular weight is 355 g/mol. The van der Waals surface area contributed by atoms with Gasteiger partial charge in [0.15, 0.2) is 6.10 Å². The van der Waals surface area contributed by atoms with Crippen LogP contribution in [0.4, 0.5) is 0 Å². The number of carboxylic acids is 1. The molecule has 0 aromatic heterocycles. The van der Waals surface area contributed by atoms with Crippen LogP contribution in [0.15, 0.2) is 60.7 Å². The zero-order valence-electron chi connectivity index (χ0n) is 15.9. The van der Waals surface area contributed by atoms with Crippen molar-refractivity contribution < 1.29 is 14.6 Å². The van der Waals surface area contributed by atoms with Crippen molar-refractivity contribution in [3.63, 3.8) is 0 Å². The second-order valence-electron chi connectivity index (χ2n) is 7.53. The molecule has 0 amide bonds. The van der Waals surface area contributed by atoms with Gasteiger partial charge in [-0.15, -0.1) is 0 Å². The molecule has 0 saturated heterocycles. The molecule has 4 heteroatoms. The van der Waals surface area contributed by atoms with Crippen LogP contribution in [0.5, 0.6) is 0 Å². The Morgan fingerprint density at radius 3 is 1.81 bits per heavy atom. The summed E-state index contributed by atoms with van der Waals surface area (Å²) in [6.07, 6.45) is -0.351. The lowest BCUT2D eigenvalue weighted by Gasteiger charge is -2.28. The maximum atomic E-state index is 11.6. The summed E-state index contributed by atoms with van der Waals surface area (Å²) in [6.45, 7) is 7.85. The molecule has 0 fully saturated rings. The van der Waals surface area contributed by atoms with E-state index in [-0.39, 0.29) is 0 Å². The van der Waals surface area contributed by atoms with Crippen molar-refractivity contribution in [2.24, 2.45) is 0 Å². The zero-order chi connectivity index (χ0) is 19.0. The van der Waals surface area contributed by atoms with Gasteiger partial charge in [-0.25, -0.2) is 4.79 Å². The molecule has 1 atom stereocenters. The fourth-order valence-electron chi connectivity index (χ4n) is 2.86. The number of carboxylic acid groups (broad SMARTS) is 1. The summed E-state index contributed by atoms with van der Waals surface area (Å²) in [5.74, 6) is -0.903. The molecular formula is C22H29NO3. The van der Waals surface area contributed by atoms with Crippen LogP contribution in [0, 0.1) is 0 Å². The third kappa shape index (κ3) is 7.38. The molecule has 2 aromatic carbocycles. The molecule has 0 aliphatic heterocycles. The van der Waals surface area contributed by atoms with Crippen molar-refractivity contribution in [3.05, 3.63) is 71.8 Å². The van der Waals surface area contributed by atoms with E-state index in [1.54, 1.807) is 0 Å². The molecule has 1 N–H and O–H groups in total. The third-order valence-corrected chi connectivity index (χ3v) is 3.98. The number of carbonyl (C=O) groups is 1. The molecule has 1 unspecified atom stereocenters. The Labute approximate surface area is 156 Å². The molecule has 4 nitrogen and oxygen atoms in total. The molecule has 0 bridgehead atoms. The summed E-state index contributed by atoms with van der Waals surface area (Å²) in [4.78, 5) is 13.8. The highest BCUT2D eigenvalue weighted by molar-refractivity contribution is 5.72. The summed E-state index contributed by atoms with van der Waals surface area (Å²) < 4.78 is 5.72. The van der Waals surface area contributed by atoms with Crippen molar-refractivity contribution in [2.75, 3.05) is 6.54 Å². The van der Waals surface area contributed by atoms with Gasteiger partial charge in [-0.1, -0.05) is 60.7 Å². The van der Waals surface area contributed by atoms with Gasteiger partial charge < -0.3 is 9.84 Å². The van der Waals surface area contributed by atoms with Gasteiger partial charge in [0, 0.05) is 19.6 Å². The lowest BCUT2D eigenvalue weighted by atomic mass is 10.1. The van der Waals surface area contributed by atoms with E-state index in [2.05, 4.69) is 29.2 Å². The number of aliphatic carboxylic acids is 1. The predicted molar refractivity (Wildman–Crippen MR) is 104 cm³/mol. The topological polar surface area (TPSA) is 49.8 Å². The summed E-state index contributed by atoms with van der Waals surface area (Å²) in [6, 6.07) is 20.5. The Morgan fingerprint density at radius 1 is 0.962 bits per heavy atom. The van der Waals surface area contributed by atoms with Crippen LogP contribution in [0.25, 0.3) is 0 Å². The normalized spacial score (nSPS) is 12.9. The van der Waals surface area contributed by atoms with Crippen LogP contribution < -0.4 is 0 Å². The first kappa shape index (κ1) is 20.1. The van der Waals surface area contributed by atoms with E-state index in [1.807, 2.05) is 57.2 Å². The van der Waals surface area contributed by atoms with Crippen LogP contribution in [0.2, 0.25) is 0 Å². The molecule has 0 aliphatic carbocycles. The highest BCUT2D eigenvalue weighted by Crippen LogP contribution is 2.16. The predicted octanol–water partition coefficient (Wildman–Crippen LogP) is 4.35. The molecule has 2 aromatic rings. The average Bonchev–Trinajstić information content (AvgIpc) is 2.59. The van der Waals surface area contributed by atoms with Crippen molar-refractivity contribution in [3.8, 4) is 0 Å². The molecule has 0 radical (unpaired) electrons. The van der Waals surface area contributed by atoms with Gasteiger partial charge in [0.25, 0.3) is 0 Å². The van der Waals surface area contributed by atoms with E-state index < -0.39 is 17.7 Å². The summed E-state index contributed by atoms with van der Waals surface area (Å²) in [7, 11) is 0. The highest BCUT2D eigenvalue weighted by Gasteiger charge is 2.25. The van der Waals surface area contributed by atoms with Gasteiger partial charge in [-0.05, 0) is 38.3 Å². The Kier molecular flexibility index (Phi) is 7.37. The zero-order valence-corrected chi connectivity index (χ0v) is 15.9. The largest absolute Gasteiger partial charge is 0.479 e. The van der Waals surface area contributed by atoms with E-state index in [0.29, 0.717) is 13.0 Å². The fourth-order valence-corrected chi connectivity index (χ4v) is 2.86. The molecule has 2 rings (SSSR count). The van der Waals surface area contributed by atoms with Gasteiger partial charge in [-0.2, -0.15) is 0 Å². The monoisotopic (exact) mass is 355 g/mol. The first-order valence-electron chi connectivity index (χ1n) is 9.04. The minimum absolute atomic E-state index is 0.451. The molecule has 0 heterocycles. The molecule has 0 saturated carbocycles. The maximum absolute atomic E-state index is 11.6. The number of hydrogen-bond acceptors (Lipinski definition) is 3. The third-order valence-electron chi connectivity index (χ3n) is 3.98. The first-order chi connectivity index (χ1) is 12.3. The molecule has 140 valence electrons. The first-order valence-corrected chi connectivity index (χ1v) is 9.04. The Bertz CT molecular complexity index is 623. The van der Waals surface area contributed by atoms with Crippen LogP contribution in [0.3, 0.4) is 0 Å². The molecule has 0 aliphatic rings. The van der Waals surface area contributed by atoms with E-state index in [0.717, 1.165) is 13.1 Å². The number of benzene rings is 2. The van der Waals surface area contributed by atoms with Crippen molar-refractivity contribution in [2.45, 2.75) is 52.0 Å². The fraction of sp³-hybridized carbons (Fsp3) is 0.409. The lowest BCUT2D eigenvalue weighted by Crippen LogP contribution is -2.36. The molecular weight excluding hydrogens is 326 g/mol. The standard InChI is InChI=1S/C22H29NO3/c1-22(2,3)26-20(21(24)25)14-15-23(16-18-10-6-4-7-11-18)17-19-12-8-5-9-13-19/h4-13,20H,14-17H2,1-3H3,(H,24,25). The van der Waals surface area contributed by atoms with Crippen LogP contribution >= 0.6 is 0 Å². The molecule has 26 heavy (non-hydrogen) atoms. The summed E-state index contributed by atoms with van der Waals surface area (Å²) in [5, 5.41) is 9.49. The van der Waals surface area contributed by atoms with Gasteiger partial charge in [0.1, 0.15) is 0 Å². The van der Waals surface area contributed by atoms with Crippen LogP contribution in [-0.4, -0.2) is 34.2 Å². The van der Waals surface area contributed by atoms with E-state index in [4.69, 9.17) is 4.74 Å². The Hall–Kier alpha value is -2.17. The van der Waals surface area contributed by atoms with Crippen molar-refractivity contribution >= 4 is 5.97 Å². The van der Waals surface area contributed by atoms with Gasteiger partial charge in [0.05, 0.1) is 5.60 Å². The van der Waals surface area contributed by atoms with Gasteiger partial charge >= 0.3 is 5.97 Å².